The van der Waals surface area contributed by atoms with E-state index in [1.165, 1.54) is 23.0 Å². The van der Waals surface area contributed by atoms with Crippen molar-refractivity contribution in [2.45, 2.75) is 12.8 Å². The number of aryl methyl sites for hydroxylation is 1. The first-order valence-corrected chi connectivity index (χ1v) is 8.20. The molecular formula is C19H17FN4O3. The second-order valence-corrected chi connectivity index (χ2v) is 5.77. The monoisotopic (exact) mass is 368 g/mol. The number of halogens is 1. The maximum atomic E-state index is 12.8. The van der Waals surface area contributed by atoms with E-state index in [4.69, 9.17) is 0 Å². The number of carbonyl (C=O) groups excluding carboxylic acids is 2. The molecule has 0 radical (unpaired) electrons. The van der Waals surface area contributed by atoms with Crippen LogP contribution in [-0.2, 0) is 11.2 Å². The molecule has 0 unspecified atom stereocenters. The van der Waals surface area contributed by atoms with E-state index in [1.54, 1.807) is 36.4 Å². The van der Waals surface area contributed by atoms with E-state index in [-0.39, 0.29) is 23.7 Å². The van der Waals surface area contributed by atoms with Crippen molar-refractivity contribution in [1.82, 2.24) is 20.6 Å². The molecule has 0 spiro atoms. The van der Waals surface area contributed by atoms with E-state index < -0.39 is 11.8 Å². The lowest BCUT2D eigenvalue weighted by Crippen LogP contribution is -2.42. The third-order valence-corrected chi connectivity index (χ3v) is 3.80. The number of hydrogen-bond donors (Lipinski definition) is 3. The van der Waals surface area contributed by atoms with Crippen LogP contribution in [0.3, 0.4) is 0 Å². The lowest BCUT2D eigenvalue weighted by Gasteiger charge is -2.06. The van der Waals surface area contributed by atoms with Crippen molar-refractivity contribution in [1.29, 1.82) is 0 Å². The molecule has 138 valence electrons. The van der Waals surface area contributed by atoms with Crippen LogP contribution in [0.15, 0.2) is 60.8 Å². The fraction of sp³-hybridized carbons (Fsp3) is 0.105. The van der Waals surface area contributed by atoms with E-state index >= 15 is 0 Å². The molecule has 2 amide bonds. The SMILES string of the molecule is O=C(CCc1ccc(F)cc1)NNC(=O)c1nn(-c2ccccc2)cc1O. The first-order valence-electron chi connectivity index (χ1n) is 8.20. The summed E-state index contributed by atoms with van der Waals surface area (Å²) in [6.07, 6.45) is 1.81. The zero-order valence-electron chi connectivity index (χ0n) is 14.2. The molecule has 0 fully saturated rings. The highest BCUT2D eigenvalue weighted by atomic mass is 19.1. The molecule has 0 bridgehead atoms. The zero-order valence-corrected chi connectivity index (χ0v) is 14.2. The smallest absolute Gasteiger partial charge is 0.294 e. The maximum absolute atomic E-state index is 12.8. The van der Waals surface area contributed by atoms with Crippen molar-refractivity contribution in [3.05, 3.63) is 77.9 Å². The van der Waals surface area contributed by atoms with Crippen molar-refractivity contribution in [2.75, 3.05) is 0 Å². The Kier molecular flexibility index (Phi) is 5.46. The third-order valence-electron chi connectivity index (χ3n) is 3.80. The summed E-state index contributed by atoms with van der Waals surface area (Å²) in [7, 11) is 0. The van der Waals surface area contributed by atoms with Crippen molar-refractivity contribution in [3.8, 4) is 11.4 Å². The number of benzene rings is 2. The molecule has 3 aromatic rings. The fourth-order valence-electron chi connectivity index (χ4n) is 2.40. The normalized spacial score (nSPS) is 10.4. The second kappa shape index (κ2) is 8.13. The zero-order chi connectivity index (χ0) is 19.2. The van der Waals surface area contributed by atoms with Gasteiger partial charge in [0.1, 0.15) is 5.82 Å². The summed E-state index contributed by atoms with van der Waals surface area (Å²) in [5, 5.41) is 13.9. The number of hydrazine groups is 1. The van der Waals surface area contributed by atoms with Gasteiger partial charge in [-0.1, -0.05) is 30.3 Å². The molecule has 0 atom stereocenters. The molecule has 0 aliphatic rings. The van der Waals surface area contributed by atoms with Gasteiger partial charge in [0.2, 0.25) is 5.91 Å². The quantitative estimate of drug-likeness (QED) is 0.601. The van der Waals surface area contributed by atoms with Crippen LogP contribution in [0.2, 0.25) is 0 Å². The maximum Gasteiger partial charge on any atom is 0.294 e. The Morgan fingerprint density at radius 1 is 1.04 bits per heavy atom. The van der Waals surface area contributed by atoms with Crippen LogP contribution in [-0.4, -0.2) is 26.7 Å². The summed E-state index contributed by atoms with van der Waals surface area (Å²) < 4.78 is 14.2. The minimum absolute atomic E-state index is 0.107. The number of nitrogens with zero attached hydrogens (tertiary/aromatic N) is 2. The summed E-state index contributed by atoms with van der Waals surface area (Å²) in [6, 6.07) is 14.8. The van der Waals surface area contributed by atoms with Crippen LogP contribution in [0.4, 0.5) is 4.39 Å². The van der Waals surface area contributed by atoms with Crippen molar-refractivity contribution < 1.29 is 19.1 Å². The highest BCUT2D eigenvalue weighted by Gasteiger charge is 2.17. The number of para-hydroxylation sites is 1. The van der Waals surface area contributed by atoms with Gasteiger partial charge in [-0.15, -0.1) is 0 Å². The number of aromatic hydroxyl groups is 1. The number of amides is 2. The van der Waals surface area contributed by atoms with Crippen molar-refractivity contribution >= 4 is 11.8 Å². The summed E-state index contributed by atoms with van der Waals surface area (Å²) in [4.78, 5) is 24.0. The third kappa shape index (κ3) is 4.69. The van der Waals surface area contributed by atoms with Gasteiger partial charge in [0.15, 0.2) is 11.4 Å². The largest absolute Gasteiger partial charge is 0.504 e. The standard InChI is InChI=1S/C19H17FN4O3/c20-14-9-6-13(7-10-14)8-11-17(26)21-22-19(27)18-16(25)12-24(23-18)15-4-2-1-3-5-15/h1-7,9-10,12,25H,8,11H2,(H,21,26)(H,22,27). The topological polar surface area (TPSA) is 96.3 Å². The molecule has 8 heteroatoms. The Morgan fingerprint density at radius 2 is 1.74 bits per heavy atom. The highest BCUT2D eigenvalue weighted by molar-refractivity contribution is 5.95. The van der Waals surface area contributed by atoms with Gasteiger partial charge in [-0.3, -0.25) is 20.4 Å². The molecular weight excluding hydrogens is 351 g/mol. The average molecular weight is 368 g/mol. The van der Waals surface area contributed by atoms with Crippen LogP contribution in [0.25, 0.3) is 5.69 Å². The molecule has 0 saturated carbocycles. The number of hydrogen-bond acceptors (Lipinski definition) is 4. The lowest BCUT2D eigenvalue weighted by molar-refractivity contribution is -0.121. The van der Waals surface area contributed by atoms with E-state index in [2.05, 4.69) is 16.0 Å². The first-order chi connectivity index (χ1) is 13.0. The Balaban J connectivity index is 1.54. The first kappa shape index (κ1) is 18.1. The molecule has 3 rings (SSSR count). The molecule has 0 aliphatic carbocycles. The van der Waals surface area contributed by atoms with Crippen LogP contribution < -0.4 is 10.9 Å². The fourth-order valence-corrected chi connectivity index (χ4v) is 2.40. The number of aromatic nitrogens is 2. The molecule has 27 heavy (non-hydrogen) atoms. The highest BCUT2D eigenvalue weighted by Crippen LogP contribution is 2.17. The lowest BCUT2D eigenvalue weighted by atomic mass is 10.1. The van der Waals surface area contributed by atoms with Crippen LogP contribution in [0.1, 0.15) is 22.5 Å². The summed E-state index contributed by atoms with van der Waals surface area (Å²) in [5.74, 6) is -1.81. The number of rotatable bonds is 5. The van der Waals surface area contributed by atoms with Crippen LogP contribution in [0.5, 0.6) is 5.75 Å². The Morgan fingerprint density at radius 3 is 2.44 bits per heavy atom. The molecule has 2 aromatic carbocycles. The average Bonchev–Trinajstić information content (AvgIpc) is 3.08. The molecule has 1 aromatic heterocycles. The molecule has 1 heterocycles. The van der Waals surface area contributed by atoms with Gasteiger partial charge in [0, 0.05) is 6.42 Å². The van der Waals surface area contributed by atoms with E-state index in [1.807, 2.05) is 6.07 Å². The van der Waals surface area contributed by atoms with Gasteiger partial charge in [0.25, 0.3) is 5.91 Å². The van der Waals surface area contributed by atoms with Gasteiger partial charge in [0.05, 0.1) is 11.9 Å². The molecule has 0 saturated heterocycles. The van der Waals surface area contributed by atoms with Gasteiger partial charge < -0.3 is 5.11 Å². The Bertz CT molecular complexity index is 939. The number of carbonyl (C=O) groups is 2. The van der Waals surface area contributed by atoms with Crippen LogP contribution >= 0.6 is 0 Å². The molecule has 7 nitrogen and oxygen atoms in total. The Labute approximate surface area is 154 Å². The van der Waals surface area contributed by atoms with E-state index in [0.717, 1.165) is 5.56 Å². The number of nitrogens with one attached hydrogen (secondary N) is 2. The van der Waals surface area contributed by atoms with E-state index in [9.17, 15) is 19.1 Å². The van der Waals surface area contributed by atoms with Gasteiger partial charge in [-0.2, -0.15) is 5.10 Å². The minimum atomic E-state index is -0.739. The van der Waals surface area contributed by atoms with Gasteiger partial charge in [-0.25, -0.2) is 9.07 Å². The van der Waals surface area contributed by atoms with Gasteiger partial charge in [-0.05, 0) is 36.2 Å². The summed E-state index contributed by atoms with van der Waals surface area (Å²) in [6.45, 7) is 0. The van der Waals surface area contributed by atoms with Crippen LogP contribution in [0, 0.1) is 5.82 Å². The second-order valence-electron chi connectivity index (χ2n) is 5.77. The Hall–Kier alpha value is -3.68. The minimum Gasteiger partial charge on any atom is -0.504 e. The van der Waals surface area contributed by atoms with Crippen molar-refractivity contribution in [3.63, 3.8) is 0 Å². The molecule has 3 N–H and O–H groups in total. The predicted octanol–water partition coefficient (Wildman–Crippen LogP) is 2.11. The van der Waals surface area contributed by atoms with Gasteiger partial charge >= 0.3 is 0 Å². The predicted molar refractivity (Wildman–Crippen MR) is 95.6 cm³/mol. The molecule has 0 aliphatic heterocycles. The van der Waals surface area contributed by atoms with Crippen molar-refractivity contribution in [2.24, 2.45) is 0 Å². The van der Waals surface area contributed by atoms with E-state index in [0.29, 0.717) is 12.1 Å². The summed E-state index contributed by atoms with van der Waals surface area (Å²) >= 11 is 0. The summed E-state index contributed by atoms with van der Waals surface area (Å²) in [5.41, 5.74) is 5.75.